The molecule has 1 aromatic heterocycles. The summed E-state index contributed by atoms with van der Waals surface area (Å²) in [6.07, 6.45) is 3.42. The van der Waals surface area contributed by atoms with Crippen molar-refractivity contribution in [2.75, 3.05) is 5.32 Å². The van der Waals surface area contributed by atoms with Crippen LogP contribution in [-0.4, -0.2) is 0 Å². The molecule has 0 aliphatic heterocycles. The van der Waals surface area contributed by atoms with Gasteiger partial charge in [0.15, 0.2) is 0 Å². The molecular weight excluding hydrogens is 276 g/mol. The zero-order chi connectivity index (χ0) is 13.2. The van der Waals surface area contributed by atoms with Crippen LogP contribution in [0.15, 0.2) is 30.3 Å². The monoisotopic (exact) mass is 288 g/mol. The summed E-state index contributed by atoms with van der Waals surface area (Å²) in [6, 6.07) is 12.2. The molecule has 1 heterocycles. The Bertz CT molecular complexity index is 642. The average molecular weight is 289 g/mol. The van der Waals surface area contributed by atoms with Crippen molar-refractivity contribution < 1.29 is 0 Å². The van der Waals surface area contributed by atoms with Gasteiger partial charge in [0.05, 0.1) is 22.0 Å². The number of fused-ring (bicyclic) bond motifs is 1. The number of rotatable bonds is 2. The van der Waals surface area contributed by atoms with Gasteiger partial charge in [0, 0.05) is 10.6 Å². The lowest BCUT2D eigenvalue weighted by Crippen LogP contribution is -2.15. The Balaban J connectivity index is 1.86. The van der Waals surface area contributed by atoms with Crippen molar-refractivity contribution in [3.63, 3.8) is 0 Å². The van der Waals surface area contributed by atoms with Crippen LogP contribution in [0.25, 0.3) is 0 Å². The van der Waals surface area contributed by atoms with Crippen molar-refractivity contribution in [2.24, 2.45) is 0 Å². The molecule has 0 spiro atoms. The SMILES string of the molecule is N#Cc1cccc(NC2CCCc3sc(Cl)cc32)c1. The molecule has 1 N–H and O–H groups in total. The largest absolute Gasteiger partial charge is 0.378 e. The summed E-state index contributed by atoms with van der Waals surface area (Å²) >= 11 is 7.80. The Hall–Kier alpha value is -1.50. The molecule has 1 unspecified atom stereocenters. The van der Waals surface area contributed by atoms with Gasteiger partial charge >= 0.3 is 0 Å². The third kappa shape index (κ3) is 2.60. The molecule has 0 saturated carbocycles. The number of nitrogens with one attached hydrogen (secondary N) is 1. The van der Waals surface area contributed by atoms with Gasteiger partial charge < -0.3 is 5.32 Å². The molecule has 19 heavy (non-hydrogen) atoms. The highest BCUT2D eigenvalue weighted by Gasteiger charge is 2.22. The van der Waals surface area contributed by atoms with Crippen molar-refractivity contribution in [3.05, 3.63) is 50.7 Å². The normalized spacial score (nSPS) is 17.6. The lowest BCUT2D eigenvalue weighted by molar-refractivity contribution is 0.609. The van der Waals surface area contributed by atoms with E-state index >= 15 is 0 Å². The molecule has 2 nitrogen and oxygen atoms in total. The number of nitriles is 1. The van der Waals surface area contributed by atoms with Crippen LogP contribution in [0.2, 0.25) is 4.34 Å². The number of hydrogen-bond donors (Lipinski definition) is 1. The van der Waals surface area contributed by atoms with Crippen molar-refractivity contribution in [3.8, 4) is 6.07 Å². The van der Waals surface area contributed by atoms with Crippen molar-refractivity contribution in [2.45, 2.75) is 25.3 Å². The fourth-order valence-electron chi connectivity index (χ4n) is 2.55. The van der Waals surface area contributed by atoms with Gasteiger partial charge in [-0.2, -0.15) is 5.26 Å². The molecule has 0 amide bonds. The highest BCUT2D eigenvalue weighted by molar-refractivity contribution is 7.16. The van der Waals surface area contributed by atoms with Crippen LogP contribution in [0.5, 0.6) is 0 Å². The number of thiophene rings is 1. The van der Waals surface area contributed by atoms with E-state index in [1.54, 1.807) is 11.3 Å². The minimum atomic E-state index is 0.307. The van der Waals surface area contributed by atoms with Gasteiger partial charge in [0.1, 0.15) is 0 Å². The average Bonchev–Trinajstić information content (AvgIpc) is 2.80. The zero-order valence-electron chi connectivity index (χ0n) is 10.3. The molecule has 4 heteroatoms. The maximum atomic E-state index is 8.94. The minimum Gasteiger partial charge on any atom is -0.378 e. The second-order valence-corrected chi connectivity index (χ2v) is 6.48. The number of aryl methyl sites for hydroxylation is 1. The molecule has 96 valence electrons. The van der Waals surface area contributed by atoms with Crippen LogP contribution in [0.4, 0.5) is 5.69 Å². The lowest BCUT2D eigenvalue weighted by Gasteiger charge is -2.24. The minimum absolute atomic E-state index is 0.307. The van der Waals surface area contributed by atoms with E-state index < -0.39 is 0 Å². The van der Waals surface area contributed by atoms with Crippen LogP contribution in [0, 0.1) is 11.3 Å². The Morgan fingerprint density at radius 1 is 1.37 bits per heavy atom. The third-order valence-corrected chi connectivity index (χ3v) is 4.76. The van der Waals surface area contributed by atoms with Gasteiger partial charge in [-0.25, -0.2) is 0 Å². The smallest absolute Gasteiger partial charge is 0.0992 e. The first-order chi connectivity index (χ1) is 9.26. The van der Waals surface area contributed by atoms with Crippen molar-refractivity contribution in [1.29, 1.82) is 5.26 Å². The highest BCUT2D eigenvalue weighted by Crippen LogP contribution is 2.39. The molecule has 0 fully saturated rings. The number of halogens is 1. The molecule has 1 aliphatic carbocycles. The van der Waals surface area contributed by atoms with E-state index in [-0.39, 0.29) is 0 Å². The Labute approximate surface area is 121 Å². The van der Waals surface area contributed by atoms with Gasteiger partial charge in [0.25, 0.3) is 0 Å². The second-order valence-electron chi connectivity index (χ2n) is 4.71. The fourth-order valence-corrected chi connectivity index (χ4v) is 3.93. The molecule has 2 aromatic rings. The van der Waals surface area contributed by atoms with Gasteiger partial charge in [-0.15, -0.1) is 11.3 Å². The van der Waals surface area contributed by atoms with Crippen molar-refractivity contribution >= 4 is 28.6 Å². The van der Waals surface area contributed by atoms with E-state index in [1.165, 1.54) is 16.9 Å². The van der Waals surface area contributed by atoms with Gasteiger partial charge in [-0.3, -0.25) is 0 Å². The first-order valence-corrected chi connectivity index (χ1v) is 7.50. The molecule has 0 saturated heterocycles. The van der Waals surface area contributed by atoms with Crippen LogP contribution < -0.4 is 5.32 Å². The van der Waals surface area contributed by atoms with Gasteiger partial charge in [0.2, 0.25) is 0 Å². The number of hydrogen-bond acceptors (Lipinski definition) is 3. The topological polar surface area (TPSA) is 35.8 Å². The van der Waals surface area contributed by atoms with Crippen LogP contribution in [-0.2, 0) is 6.42 Å². The summed E-state index contributed by atoms with van der Waals surface area (Å²) in [4.78, 5) is 1.39. The lowest BCUT2D eigenvalue weighted by atomic mass is 9.94. The van der Waals surface area contributed by atoms with Gasteiger partial charge in [-0.1, -0.05) is 17.7 Å². The Morgan fingerprint density at radius 3 is 3.11 bits per heavy atom. The maximum Gasteiger partial charge on any atom is 0.0992 e. The van der Waals surface area contributed by atoms with Crippen LogP contribution in [0.3, 0.4) is 0 Å². The van der Waals surface area contributed by atoms with E-state index in [4.69, 9.17) is 16.9 Å². The zero-order valence-corrected chi connectivity index (χ0v) is 11.9. The third-order valence-electron chi connectivity index (χ3n) is 3.42. The van der Waals surface area contributed by atoms with E-state index in [1.807, 2.05) is 24.3 Å². The first kappa shape index (κ1) is 12.5. The number of nitrogens with zero attached hydrogens (tertiary/aromatic N) is 1. The molecule has 1 aromatic carbocycles. The quantitative estimate of drug-likeness (QED) is 0.864. The first-order valence-electron chi connectivity index (χ1n) is 6.31. The maximum absolute atomic E-state index is 8.94. The number of anilines is 1. The predicted octanol–water partition coefficient (Wildman–Crippen LogP) is 4.76. The summed E-state index contributed by atoms with van der Waals surface area (Å²) < 4.78 is 0.865. The second kappa shape index (κ2) is 5.24. The molecule has 1 aliphatic rings. The van der Waals surface area contributed by atoms with E-state index in [0.29, 0.717) is 11.6 Å². The van der Waals surface area contributed by atoms with E-state index in [9.17, 15) is 0 Å². The van der Waals surface area contributed by atoms with Crippen LogP contribution >= 0.6 is 22.9 Å². The summed E-state index contributed by atoms with van der Waals surface area (Å²) in [5.74, 6) is 0. The molecule has 1 atom stereocenters. The van der Waals surface area contributed by atoms with Gasteiger partial charge in [-0.05, 0) is 49.1 Å². The summed E-state index contributed by atoms with van der Waals surface area (Å²) in [7, 11) is 0. The highest BCUT2D eigenvalue weighted by atomic mass is 35.5. The molecule has 0 bridgehead atoms. The number of benzene rings is 1. The summed E-state index contributed by atoms with van der Waals surface area (Å²) in [5, 5.41) is 12.5. The summed E-state index contributed by atoms with van der Waals surface area (Å²) in [5.41, 5.74) is 3.01. The molecular formula is C15H13ClN2S. The Morgan fingerprint density at radius 2 is 2.26 bits per heavy atom. The van der Waals surface area contributed by atoms with E-state index in [0.717, 1.165) is 22.9 Å². The Kier molecular flexibility index (Phi) is 3.46. The fraction of sp³-hybridized carbons (Fsp3) is 0.267. The predicted molar refractivity (Wildman–Crippen MR) is 79.8 cm³/mol. The van der Waals surface area contributed by atoms with Crippen LogP contribution in [0.1, 0.15) is 34.9 Å². The molecule has 3 rings (SSSR count). The standard InChI is InChI=1S/C15H13ClN2S/c16-15-8-12-13(5-2-6-14(12)19-15)18-11-4-1-3-10(7-11)9-17/h1,3-4,7-8,13,18H,2,5-6H2. The van der Waals surface area contributed by atoms with Crippen molar-refractivity contribution in [1.82, 2.24) is 0 Å². The van der Waals surface area contributed by atoms with E-state index in [2.05, 4.69) is 17.5 Å². The summed E-state index contributed by atoms with van der Waals surface area (Å²) in [6.45, 7) is 0. The molecule has 0 radical (unpaired) electrons.